The van der Waals surface area contributed by atoms with E-state index in [4.69, 9.17) is 9.72 Å². The molecule has 0 bridgehead atoms. The van der Waals surface area contributed by atoms with Gasteiger partial charge in [-0.25, -0.2) is 9.67 Å². The molecule has 0 spiro atoms. The van der Waals surface area contributed by atoms with Crippen molar-refractivity contribution < 1.29 is 4.74 Å². The molecule has 0 amide bonds. The van der Waals surface area contributed by atoms with Crippen LogP contribution in [0.3, 0.4) is 0 Å². The summed E-state index contributed by atoms with van der Waals surface area (Å²) in [7, 11) is 0. The van der Waals surface area contributed by atoms with Gasteiger partial charge in [0.2, 0.25) is 5.88 Å². The van der Waals surface area contributed by atoms with E-state index in [1.165, 1.54) is 5.56 Å². The SMILES string of the molecule is CC(C)(c1cccc(-n2cccn2)c1)c1cccc(Oc2ccccc2)n1. The van der Waals surface area contributed by atoms with Crippen LogP contribution >= 0.6 is 0 Å². The predicted molar refractivity (Wildman–Crippen MR) is 106 cm³/mol. The van der Waals surface area contributed by atoms with E-state index in [0.29, 0.717) is 5.88 Å². The lowest BCUT2D eigenvalue weighted by molar-refractivity contribution is 0.455. The van der Waals surface area contributed by atoms with Crippen molar-refractivity contribution >= 4 is 0 Å². The highest BCUT2D eigenvalue weighted by Crippen LogP contribution is 2.32. The molecule has 0 N–H and O–H groups in total. The van der Waals surface area contributed by atoms with Crippen LogP contribution in [-0.4, -0.2) is 14.8 Å². The van der Waals surface area contributed by atoms with Crippen LogP contribution in [0.25, 0.3) is 5.69 Å². The molecule has 2 aromatic carbocycles. The fourth-order valence-electron chi connectivity index (χ4n) is 3.04. The lowest BCUT2D eigenvalue weighted by Gasteiger charge is -2.25. The van der Waals surface area contributed by atoms with Crippen LogP contribution in [0.5, 0.6) is 11.6 Å². The number of rotatable bonds is 5. The molecule has 0 saturated heterocycles. The Morgan fingerprint density at radius 2 is 1.67 bits per heavy atom. The molecule has 4 aromatic rings. The minimum atomic E-state index is -0.279. The van der Waals surface area contributed by atoms with Gasteiger partial charge < -0.3 is 4.74 Å². The van der Waals surface area contributed by atoms with Gasteiger partial charge in [0.05, 0.1) is 11.4 Å². The topological polar surface area (TPSA) is 39.9 Å². The summed E-state index contributed by atoms with van der Waals surface area (Å²) in [6.45, 7) is 4.34. The second-order valence-corrected chi connectivity index (χ2v) is 6.90. The van der Waals surface area contributed by atoms with Gasteiger partial charge in [0.25, 0.3) is 0 Å². The Hall–Kier alpha value is -3.40. The number of hydrogen-bond donors (Lipinski definition) is 0. The summed E-state index contributed by atoms with van der Waals surface area (Å²) in [6.07, 6.45) is 3.72. The third-order valence-corrected chi connectivity index (χ3v) is 4.67. The first-order valence-corrected chi connectivity index (χ1v) is 8.94. The number of para-hydroxylation sites is 1. The first kappa shape index (κ1) is 17.0. The number of hydrogen-bond acceptors (Lipinski definition) is 3. The molecular formula is C23H21N3O. The Morgan fingerprint density at radius 1 is 0.852 bits per heavy atom. The maximum atomic E-state index is 5.91. The van der Waals surface area contributed by atoms with Gasteiger partial charge in [0.15, 0.2) is 0 Å². The lowest BCUT2D eigenvalue weighted by atomic mass is 9.81. The molecule has 4 rings (SSSR count). The molecule has 0 aliphatic rings. The molecule has 4 heteroatoms. The number of benzene rings is 2. The van der Waals surface area contributed by atoms with Crippen LogP contribution in [0.2, 0.25) is 0 Å². The highest BCUT2D eigenvalue weighted by atomic mass is 16.5. The minimum absolute atomic E-state index is 0.279. The van der Waals surface area contributed by atoms with Gasteiger partial charge in [-0.1, -0.05) is 50.2 Å². The van der Waals surface area contributed by atoms with Crippen molar-refractivity contribution in [3.05, 3.63) is 103 Å². The predicted octanol–water partition coefficient (Wildman–Crippen LogP) is 5.39. The van der Waals surface area contributed by atoms with E-state index in [2.05, 4.69) is 43.2 Å². The van der Waals surface area contributed by atoms with Crippen molar-refractivity contribution in [2.45, 2.75) is 19.3 Å². The third-order valence-electron chi connectivity index (χ3n) is 4.67. The van der Waals surface area contributed by atoms with Gasteiger partial charge in [-0.05, 0) is 42.0 Å². The zero-order chi connectivity index (χ0) is 18.7. The summed E-state index contributed by atoms with van der Waals surface area (Å²) in [5.74, 6) is 1.37. The van der Waals surface area contributed by atoms with Crippen LogP contribution < -0.4 is 4.74 Å². The molecular weight excluding hydrogens is 334 g/mol. The molecule has 0 unspecified atom stereocenters. The summed E-state index contributed by atoms with van der Waals surface area (Å²) < 4.78 is 7.77. The van der Waals surface area contributed by atoms with Gasteiger partial charge in [-0.3, -0.25) is 0 Å². The number of ether oxygens (including phenoxy) is 1. The van der Waals surface area contributed by atoms with E-state index in [1.807, 2.05) is 65.5 Å². The zero-order valence-electron chi connectivity index (χ0n) is 15.4. The summed E-state index contributed by atoms with van der Waals surface area (Å²) in [4.78, 5) is 4.76. The fourth-order valence-corrected chi connectivity index (χ4v) is 3.04. The standard InChI is InChI=1S/C23H21N3O/c1-23(2,18-9-6-10-19(17-18)26-16-8-15-24-26)21-13-7-14-22(25-21)27-20-11-4-3-5-12-20/h3-17H,1-2H3. The summed E-state index contributed by atoms with van der Waals surface area (Å²) in [5, 5.41) is 4.32. The Balaban J connectivity index is 1.66. The van der Waals surface area contributed by atoms with Crippen LogP contribution in [0.4, 0.5) is 0 Å². The Morgan fingerprint density at radius 3 is 2.44 bits per heavy atom. The summed E-state index contributed by atoms with van der Waals surface area (Å²) in [5.41, 5.74) is 2.87. The first-order valence-electron chi connectivity index (χ1n) is 8.94. The minimum Gasteiger partial charge on any atom is -0.439 e. The monoisotopic (exact) mass is 355 g/mol. The lowest BCUT2D eigenvalue weighted by Crippen LogP contribution is -2.21. The van der Waals surface area contributed by atoms with E-state index >= 15 is 0 Å². The van der Waals surface area contributed by atoms with Crippen LogP contribution in [0, 0.1) is 0 Å². The molecule has 2 heterocycles. The molecule has 0 atom stereocenters. The highest BCUT2D eigenvalue weighted by Gasteiger charge is 2.25. The maximum Gasteiger partial charge on any atom is 0.219 e. The average Bonchev–Trinajstić information content (AvgIpc) is 3.24. The van der Waals surface area contributed by atoms with Gasteiger partial charge >= 0.3 is 0 Å². The van der Waals surface area contributed by atoms with Crippen molar-refractivity contribution in [2.75, 3.05) is 0 Å². The molecule has 0 aliphatic carbocycles. The fraction of sp³-hybridized carbons (Fsp3) is 0.130. The summed E-state index contributed by atoms with van der Waals surface area (Å²) >= 11 is 0. The highest BCUT2D eigenvalue weighted by molar-refractivity contribution is 5.42. The van der Waals surface area contributed by atoms with Crippen molar-refractivity contribution in [3.63, 3.8) is 0 Å². The van der Waals surface area contributed by atoms with Gasteiger partial charge in [0, 0.05) is 23.9 Å². The molecule has 4 nitrogen and oxygen atoms in total. The molecule has 2 aromatic heterocycles. The van der Waals surface area contributed by atoms with Gasteiger partial charge in [-0.15, -0.1) is 0 Å². The molecule has 134 valence electrons. The molecule has 0 fully saturated rings. The van der Waals surface area contributed by atoms with E-state index in [1.54, 1.807) is 6.20 Å². The molecule has 0 aliphatic heterocycles. The third kappa shape index (κ3) is 3.60. The molecule has 0 radical (unpaired) electrons. The second kappa shape index (κ2) is 7.08. The largest absolute Gasteiger partial charge is 0.439 e. The maximum absolute atomic E-state index is 5.91. The Bertz CT molecular complexity index is 1020. The molecule has 27 heavy (non-hydrogen) atoms. The molecule has 0 saturated carbocycles. The number of pyridine rings is 1. The van der Waals surface area contributed by atoms with Gasteiger partial charge in [-0.2, -0.15) is 5.10 Å². The van der Waals surface area contributed by atoms with Crippen LogP contribution in [0.15, 0.2) is 91.3 Å². The van der Waals surface area contributed by atoms with Crippen molar-refractivity contribution in [3.8, 4) is 17.3 Å². The summed E-state index contributed by atoms with van der Waals surface area (Å²) in [6, 6.07) is 25.9. The normalized spacial score (nSPS) is 11.3. The number of aromatic nitrogens is 3. The van der Waals surface area contributed by atoms with Crippen LogP contribution in [0.1, 0.15) is 25.1 Å². The van der Waals surface area contributed by atoms with Crippen molar-refractivity contribution in [1.82, 2.24) is 14.8 Å². The number of nitrogens with zero attached hydrogens (tertiary/aromatic N) is 3. The van der Waals surface area contributed by atoms with E-state index in [9.17, 15) is 0 Å². The van der Waals surface area contributed by atoms with E-state index in [0.717, 1.165) is 17.1 Å². The smallest absolute Gasteiger partial charge is 0.219 e. The Labute approximate surface area is 159 Å². The second-order valence-electron chi connectivity index (χ2n) is 6.90. The van der Waals surface area contributed by atoms with E-state index in [-0.39, 0.29) is 5.41 Å². The Kier molecular flexibility index (Phi) is 4.47. The van der Waals surface area contributed by atoms with E-state index < -0.39 is 0 Å². The van der Waals surface area contributed by atoms with Gasteiger partial charge in [0.1, 0.15) is 5.75 Å². The zero-order valence-corrected chi connectivity index (χ0v) is 15.4. The van der Waals surface area contributed by atoms with Crippen LogP contribution in [-0.2, 0) is 5.41 Å². The first-order chi connectivity index (χ1) is 13.1. The average molecular weight is 355 g/mol. The van der Waals surface area contributed by atoms with Crippen molar-refractivity contribution in [1.29, 1.82) is 0 Å². The van der Waals surface area contributed by atoms with Crippen molar-refractivity contribution in [2.24, 2.45) is 0 Å². The quantitative estimate of drug-likeness (QED) is 0.482.